The van der Waals surface area contributed by atoms with E-state index in [0.29, 0.717) is 11.3 Å². The normalized spacial score (nSPS) is 14.3. The molecule has 8 heteroatoms. The zero-order valence-electron chi connectivity index (χ0n) is 17.4. The predicted molar refractivity (Wildman–Crippen MR) is 118 cm³/mol. The van der Waals surface area contributed by atoms with E-state index in [4.69, 9.17) is 0 Å². The van der Waals surface area contributed by atoms with Gasteiger partial charge >= 0.3 is 6.03 Å². The highest BCUT2D eigenvalue weighted by atomic mass is 19.1. The number of aryl methyl sites for hydroxylation is 1. The van der Waals surface area contributed by atoms with Crippen LogP contribution in [0.4, 0.5) is 25.0 Å². The third-order valence-electron chi connectivity index (χ3n) is 5.47. The lowest BCUT2D eigenvalue weighted by Gasteiger charge is -2.30. The molecule has 6 nitrogen and oxygen atoms in total. The van der Waals surface area contributed by atoms with Crippen molar-refractivity contribution in [1.29, 1.82) is 0 Å². The summed E-state index contributed by atoms with van der Waals surface area (Å²) < 4.78 is 27.3. The number of nitrogens with one attached hydrogen (secondary N) is 2. The van der Waals surface area contributed by atoms with Crippen molar-refractivity contribution in [1.82, 2.24) is 10.3 Å². The van der Waals surface area contributed by atoms with Crippen LogP contribution in [0.3, 0.4) is 0 Å². The van der Waals surface area contributed by atoms with Gasteiger partial charge in [0.05, 0.1) is 12.2 Å². The number of aromatic nitrogens is 1. The van der Waals surface area contributed by atoms with Crippen LogP contribution in [0.1, 0.15) is 35.9 Å². The van der Waals surface area contributed by atoms with E-state index in [9.17, 15) is 18.7 Å². The number of amides is 2. The van der Waals surface area contributed by atoms with Crippen LogP contribution in [0.2, 0.25) is 0 Å². The first kappa shape index (κ1) is 21.7. The Balaban J connectivity index is 1.38. The molecule has 2 amide bonds. The highest BCUT2D eigenvalue weighted by Gasteiger charge is 2.22. The van der Waals surface area contributed by atoms with Crippen molar-refractivity contribution in [2.24, 2.45) is 0 Å². The summed E-state index contributed by atoms with van der Waals surface area (Å²) in [6.45, 7) is 0.805. The van der Waals surface area contributed by atoms with E-state index in [-0.39, 0.29) is 6.54 Å². The van der Waals surface area contributed by atoms with Gasteiger partial charge in [-0.2, -0.15) is 0 Å². The molecule has 2 aromatic carbocycles. The lowest BCUT2D eigenvalue weighted by Crippen LogP contribution is -2.30. The number of hydrogen-bond donors (Lipinski definition) is 3. The number of carbonyl (C=O) groups is 1. The highest BCUT2D eigenvalue weighted by molar-refractivity contribution is 5.89. The fraction of sp³-hybridized carbons (Fsp3) is 0.250. The van der Waals surface area contributed by atoms with Gasteiger partial charge in [-0.3, -0.25) is 4.98 Å². The van der Waals surface area contributed by atoms with Crippen LogP contribution in [0.25, 0.3) is 0 Å². The number of rotatable bonds is 5. The van der Waals surface area contributed by atoms with Gasteiger partial charge in [0.1, 0.15) is 17.3 Å². The molecule has 2 heterocycles. The Morgan fingerprint density at radius 1 is 1.06 bits per heavy atom. The van der Waals surface area contributed by atoms with Gasteiger partial charge in [-0.15, -0.1) is 0 Å². The Morgan fingerprint density at radius 3 is 2.59 bits per heavy atom. The second-order valence-electron chi connectivity index (χ2n) is 7.64. The maximum absolute atomic E-state index is 13.6. The maximum Gasteiger partial charge on any atom is 0.319 e. The van der Waals surface area contributed by atoms with Crippen LogP contribution >= 0.6 is 0 Å². The standard InChI is InChI=1S/C24H24F2N4O2/c25-19-8-5-9-20(26)22(19)29-24(32)28-15-18-12-11-17(14-27-18)23(31)30-13-4-3-7-16-6-1-2-10-21(16)30/h1-2,5-6,8-12,14,23,31H,3-4,7,13,15H2,(H2,28,29,32). The molecule has 0 saturated heterocycles. The molecule has 0 aliphatic carbocycles. The molecule has 1 unspecified atom stereocenters. The summed E-state index contributed by atoms with van der Waals surface area (Å²) >= 11 is 0. The monoisotopic (exact) mass is 438 g/mol. The van der Waals surface area contributed by atoms with Crippen LogP contribution in [0, 0.1) is 11.6 Å². The number of fused-ring (bicyclic) bond motifs is 1. The third kappa shape index (κ3) is 4.86. The maximum atomic E-state index is 13.6. The number of aliphatic hydroxyl groups excluding tert-OH is 1. The van der Waals surface area contributed by atoms with E-state index in [1.165, 1.54) is 11.6 Å². The lowest BCUT2D eigenvalue weighted by molar-refractivity contribution is 0.171. The van der Waals surface area contributed by atoms with Gasteiger partial charge in [0.2, 0.25) is 0 Å². The Morgan fingerprint density at radius 2 is 1.84 bits per heavy atom. The number of nitrogens with zero attached hydrogens (tertiary/aromatic N) is 2. The molecule has 1 aromatic heterocycles. The molecule has 0 radical (unpaired) electrons. The molecule has 0 spiro atoms. The van der Waals surface area contributed by atoms with Crippen molar-refractivity contribution >= 4 is 17.4 Å². The largest absolute Gasteiger partial charge is 0.369 e. The summed E-state index contributed by atoms with van der Waals surface area (Å²) in [5, 5.41) is 15.7. The van der Waals surface area contributed by atoms with Gasteiger partial charge in [-0.1, -0.05) is 30.3 Å². The minimum atomic E-state index is -0.855. The molecule has 3 N–H and O–H groups in total. The van der Waals surface area contributed by atoms with Gasteiger partial charge in [0.25, 0.3) is 0 Å². The molecule has 1 atom stereocenters. The Kier molecular flexibility index (Phi) is 6.61. The van der Waals surface area contributed by atoms with Crippen molar-refractivity contribution in [3.63, 3.8) is 0 Å². The Labute approximate surface area is 184 Å². The number of benzene rings is 2. The number of pyridine rings is 1. The molecule has 0 bridgehead atoms. The van der Waals surface area contributed by atoms with E-state index in [1.54, 1.807) is 18.3 Å². The molecule has 1 aliphatic rings. The number of halogens is 2. The molecule has 4 rings (SSSR count). The second kappa shape index (κ2) is 9.74. The molecule has 0 fully saturated rings. The van der Waals surface area contributed by atoms with E-state index >= 15 is 0 Å². The number of aliphatic hydroxyl groups is 1. The minimum absolute atomic E-state index is 0.0603. The summed E-state index contributed by atoms with van der Waals surface area (Å²) in [5.74, 6) is -1.71. The van der Waals surface area contributed by atoms with Crippen molar-refractivity contribution in [3.8, 4) is 0 Å². The summed E-state index contributed by atoms with van der Waals surface area (Å²) in [6, 6.07) is 14.1. The Bertz CT molecular complexity index is 1070. The van der Waals surface area contributed by atoms with E-state index in [1.807, 2.05) is 23.1 Å². The predicted octanol–water partition coefficient (Wildman–Crippen LogP) is 4.52. The van der Waals surface area contributed by atoms with Gasteiger partial charge in [0.15, 0.2) is 6.23 Å². The third-order valence-corrected chi connectivity index (χ3v) is 5.47. The topological polar surface area (TPSA) is 77.5 Å². The first-order valence-electron chi connectivity index (χ1n) is 10.5. The highest BCUT2D eigenvalue weighted by Crippen LogP contribution is 2.32. The first-order valence-corrected chi connectivity index (χ1v) is 10.5. The SMILES string of the molecule is O=C(NCc1ccc(C(O)N2CCCCc3ccccc32)cn1)Nc1c(F)cccc1F. The van der Waals surface area contributed by atoms with Crippen LogP contribution in [0.15, 0.2) is 60.8 Å². The van der Waals surface area contributed by atoms with Crippen LogP contribution in [0.5, 0.6) is 0 Å². The molecule has 1 aliphatic heterocycles. The number of hydrogen-bond acceptors (Lipinski definition) is 4. The first-order chi connectivity index (χ1) is 15.5. The van der Waals surface area contributed by atoms with E-state index in [2.05, 4.69) is 21.7 Å². The summed E-state index contributed by atoms with van der Waals surface area (Å²) in [6.07, 6.45) is 3.78. The molecule has 0 saturated carbocycles. The molecular formula is C24H24F2N4O2. The van der Waals surface area contributed by atoms with Crippen LogP contribution < -0.4 is 15.5 Å². The van der Waals surface area contributed by atoms with Crippen molar-refractivity contribution in [2.75, 3.05) is 16.8 Å². The van der Waals surface area contributed by atoms with Crippen molar-refractivity contribution in [2.45, 2.75) is 32.0 Å². The summed E-state index contributed by atoms with van der Waals surface area (Å²) in [7, 11) is 0. The lowest BCUT2D eigenvalue weighted by atomic mass is 10.1. The second-order valence-corrected chi connectivity index (χ2v) is 7.64. The molecular weight excluding hydrogens is 414 g/mol. The van der Waals surface area contributed by atoms with Crippen LogP contribution in [-0.4, -0.2) is 22.7 Å². The van der Waals surface area contributed by atoms with Crippen LogP contribution in [-0.2, 0) is 13.0 Å². The van der Waals surface area contributed by atoms with Gasteiger partial charge < -0.3 is 20.6 Å². The van der Waals surface area contributed by atoms with E-state index in [0.717, 1.165) is 43.6 Å². The van der Waals surface area contributed by atoms with Gasteiger partial charge in [0, 0.05) is 24.0 Å². The fourth-order valence-corrected chi connectivity index (χ4v) is 3.79. The quantitative estimate of drug-likeness (QED) is 0.548. The molecule has 3 aromatic rings. The average molecular weight is 438 g/mol. The summed E-state index contributed by atoms with van der Waals surface area (Å²) in [4.78, 5) is 18.3. The van der Waals surface area contributed by atoms with Gasteiger partial charge in [-0.25, -0.2) is 13.6 Å². The number of urea groups is 1. The molecule has 166 valence electrons. The smallest absolute Gasteiger partial charge is 0.319 e. The van der Waals surface area contributed by atoms with Crippen molar-refractivity contribution in [3.05, 3.63) is 89.2 Å². The van der Waals surface area contributed by atoms with Crippen molar-refractivity contribution < 1.29 is 18.7 Å². The molecule has 32 heavy (non-hydrogen) atoms. The number of carbonyl (C=O) groups excluding carboxylic acids is 1. The number of para-hydroxylation sites is 2. The van der Waals surface area contributed by atoms with E-state index < -0.39 is 29.6 Å². The fourth-order valence-electron chi connectivity index (χ4n) is 3.79. The minimum Gasteiger partial charge on any atom is -0.369 e. The van der Waals surface area contributed by atoms with Gasteiger partial charge in [-0.05, 0) is 49.1 Å². The average Bonchev–Trinajstić information content (AvgIpc) is 3.03. The zero-order valence-corrected chi connectivity index (χ0v) is 17.4. The zero-order chi connectivity index (χ0) is 22.5. The summed E-state index contributed by atoms with van der Waals surface area (Å²) in [5.41, 5.74) is 2.93. The Hall–Kier alpha value is -3.52. The number of anilines is 2.